The highest BCUT2D eigenvalue weighted by atomic mass is 16.2. The predicted molar refractivity (Wildman–Crippen MR) is 97.5 cm³/mol. The number of aromatic nitrogens is 1. The number of fused-ring (bicyclic) bond motifs is 1. The molecule has 1 N–H and O–H groups in total. The standard InChI is InChI=1S/C20H26N2O2/c1-3-22-18(19(23)21-13-15-7-5-4-6-8-15)12-16-10-9-14(2)11-17(16)20(22)24/h9-12,15H,3-8,13H2,1-2H3,(H,21,23). The molecule has 0 saturated heterocycles. The van der Waals surface area contributed by atoms with E-state index >= 15 is 0 Å². The number of hydrogen-bond donors (Lipinski definition) is 1. The van der Waals surface area contributed by atoms with Gasteiger partial charge in [-0.25, -0.2) is 0 Å². The molecule has 1 saturated carbocycles. The van der Waals surface area contributed by atoms with Crippen molar-refractivity contribution >= 4 is 16.7 Å². The van der Waals surface area contributed by atoms with Crippen molar-refractivity contribution in [1.82, 2.24) is 9.88 Å². The summed E-state index contributed by atoms with van der Waals surface area (Å²) in [7, 11) is 0. The molecule has 0 atom stereocenters. The summed E-state index contributed by atoms with van der Waals surface area (Å²) >= 11 is 0. The fraction of sp³-hybridized carbons (Fsp3) is 0.500. The summed E-state index contributed by atoms with van der Waals surface area (Å²) in [6.07, 6.45) is 6.21. The van der Waals surface area contributed by atoms with Gasteiger partial charge in [0, 0.05) is 18.5 Å². The van der Waals surface area contributed by atoms with Crippen molar-refractivity contribution in [2.75, 3.05) is 6.54 Å². The molecule has 2 aromatic rings. The maximum absolute atomic E-state index is 12.7. The van der Waals surface area contributed by atoms with Crippen LogP contribution in [0.5, 0.6) is 0 Å². The van der Waals surface area contributed by atoms with E-state index in [0.29, 0.717) is 30.1 Å². The Bertz CT molecular complexity index is 801. The van der Waals surface area contributed by atoms with Crippen LogP contribution in [0.3, 0.4) is 0 Å². The molecule has 1 fully saturated rings. The Hall–Kier alpha value is -2.10. The lowest BCUT2D eigenvalue weighted by Gasteiger charge is -2.22. The summed E-state index contributed by atoms with van der Waals surface area (Å²) in [4.78, 5) is 25.4. The molecule has 4 nitrogen and oxygen atoms in total. The zero-order valence-electron chi connectivity index (χ0n) is 14.6. The van der Waals surface area contributed by atoms with Crippen LogP contribution in [0, 0.1) is 12.8 Å². The zero-order valence-corrected chi connectivity index (χ0v) is 14.6. The van der Waals surface area contributed by atoms with Crippen molar-refractivity contribution < 1.29 is 4.79 Å². The molecule has 24 heavy (non-hydrogen) atoms. The molecule has 0 bridgehead atoms. The van der Waals surface area contributed by atoms with Crippen LogP contribution in [-0.4, -0.2) is 17.0 Å². The topological polar surface area (TPSA) is 51.1 Å². The van der Waals surface area contributed by atoms with Crippen LogP contribution in [-0.2, 0) is 6.54 Å². The monoisotopic (exact) mass is 326 g/mol. The summed E-state index contributed by atoms with van der Waals surface area (Å²) in [6.45, 7) is 5.08. The highest BCUT2D eigenvalue weighted by Gasteiger charge is 2.18. The second kappa shape index (κ2) is 7.20. The third-order valence-corrected chi connectivity index (χ3v) is 5.09. The fourth-order valence-electron chi connectivity index (χ4n) is 3.68. The highest BCUT2D eigenvalue weighted by Crippen LogP contribution is 2.23. The molecule has 3 rings (SSSR count). The van der Waals surface area contributed by atoms with E-state index in [1.54, 1.807) is 4.57 Å². The SMILES string of the molecule is CCn1c(C(=O)NCC2CCCCC2)cc2ccc(C)cc2c1=O. The van der Waals surface area contributed by atoms with E-state index in [1.165, 1.54) is 32.1 Å². The van der Waals surface area contributed by atoms with Crippen LogP contribution in [0.2, 0.25) is 0 Å². The Morgan fingerprint density at radius 2 is 1.96 bits per heavy atom. The number of carbonyl (C=O) groups excluding carboxylic acids is 1. The summed E-state index contributed by atoms with van der Waals surface area (Å²) < 4.78 is 1.58. The number of carbonyl (C=O) groups is 1. The molecule has 0 aliphatic heterocycles. The molecule has 1 heterocycles. The minimum Gasteiger partial charge on any atom is -0.350 e. The lowest BCUT2D eigenvalue weighted by atomic mass is 9.89. The first-order valence-electron chi connectivity index (χ1n) is 9.02. The third kappa shape index (κ3) is 3.37. The molecular formula is C20H26N2O2. The number of nitrogens with zero attached hydrogens (tertiary/aromatic N) is 1. The van der Waals surface area contributed by atoms with E-state index in [2.05, 4.69) is 5.32 Å². The molecule has 0 radical (unpaired) electrons. The number of nitrogens with one attached hydrogen (secondary N) is 1. The van der Waals surface area contributed by atoms with Gasteiger partial charge >= 0.3 is 0 Å². The van der Waals surface area contributed by atoms with E-state index < -0.39 is 0 Å². The van der Waals surface area contributed by atoms with E-state index in [0.717, 1.165) is 10.9 Å². The summed E-state index contributed by atoms with van der Waals surface area (Å²) in [5.41, 5.74) is 1.44. The van der Waals surface area contributed by atoms with Crippen LogP contribution < -0.4 is 10.9 Å². The number of amides is 1. The van der Waals surface area contributed by atoms with Gasteiger partial charge in [-0.1, -0.05) is 37.0 Å². The molecule has 1 amide bonds. The number of pyridine rings is 1. The molecule has 128 valence electrons. The summed E-state index contributed by atoms with van der Waals surface area (Å²) in [5, 5.41) is 4.56. The zero-order chi connectivity index (χ0) is 17.1. The molecular weight excluding hydrogens is 300 g/mol. The lowest BCUT2D eigenvalue weighted by Crippen LogP contribution is -2.35. The van der Waals surface area contributed by atoms with Gasteiger partial charge in [0.25, 0.3) is 11.5 Å². The predicted octanol–water partition coefficient (Wildman–Crippen LogP) is 3.64. The average molecular weight is 326 g/mol. The van der Waals surface area contributed by atoms with Crippen LogP contribution in [0.1, 0.15) is 55.1 Å². The average Bonchev–Trinajstić information content (AvgIpc) is 2.61. The fourth-order valence-corrected chi connectivity index (χ4v) is 3.68. The maximum Gasteiger partial charge on any atom is 0.268 e. The van der Waals surface area contributed by atoms with Crippen LogP contribution in [0.25, 0.3) is 10.8 Å². The first-order valence-corrected chi connectivity index (χ1v) is 9.02. The van der Waals surface area contributed by atoms with Gasteiger partial charge in [-0.2, -0.15) is 0 Å². The van der Waals surface area contributed by atoms with Crippen LogP contribution >= 0.6 is 0 Å². The van der Waals surface area contributed by atoms with Crippen molar-refractivity contribution in [2.24, 2.45) is 5.92 Å². The Kier molecular flexibility index (Phi) is 5.03. The van der Waals surface area contributed by atoms with E-state index in [4.69, 9.17) is 0 Å². The minimum absolute atomic E-state index is 0.0819. The molecule has 1 aromatic carbocycles. The second-order valence-corrected chi connectivity index (χ2v) is 6.88. The summed E-state index contributed by atoms with van der Waals surface area (Å²) in [5.74, 6) is 0.439. The molecule has 1 aliphatic carbocycles. The number of benzene rings is 1. The minimum atomic E-state index is -0.137. The van der Waals surface area contributed by atoms with Crippen molar-refractivity contribution in [3.63, 3.8) is 0 Å². The first-order chi connectivity index (χ1) is 11.6. The quantitative estimate of drug-likeness (QED) is 0.932. The number of aryl methyl sites for hydroxylation is 1. The van der Waals surface area contributed by atoms with Gasteiger partial charge in [0.05, 0.1) is 0 Å². The van der Waals surface area contributed by atoms with Gasteiger partial charge in [-0.05, 0) is 50.1 Å². The lowest BCUT2D eigenvalue weighted by molar-refractivity contribution is 0.0933. The molecule has 0 spiro atoms. The molecule has 0 unspecified atom stereocenters. The van der Waals surface area contributed by atoms with Crippen LogP contribution in [0.15, 0.2) is 29.1 Å². The van der Waals surface area contributed by atoms with Gasteiger partial charge in [0.15, 0.2) is 0 Å². The molecule has 4 heteroatoms. The van der Waals surface area contributed by atoms with E-state index in [1.807, 2.05) is 38.1 Å². The Morgan fingerprint density at radius 1 is 1.21 bits per heavy atom. The van der Waals surface area contributed by atoms with Crippen LogP contribution in [0.4, 0.5) is 0 Å². The van der Waals surface area contributed by atoms with Gasteiger partial charge in [-0.3, -0.25) is 9.59 Å². The Labute approximate surface area is 142 Å². The van der Waals surface area contributed by atoms with Crippen molar-refractivity contribution in [1.29, 1.82) is 0 Å². The van der Waals surface area contributed by atoms with Crippen molar-refractivity contribution in [3.8, 4) is 0 Å². The van der Waals surface area contributed by atoms with Gasteiger partial charge in [0.2, 0.25) is 0 Å². The Balaban J connectivity index is 1.88. The maximum atomic E-state index is 12.7. The van der Waals surface area contributed by atoms with E-state index in [-0.39, 0.29) is 11.5 Å². The van der Waals surface area contributed by atoms with Crippen molar-refractivity contribution in [3.05, 3.63) is 45.9 Å². The molecule has 1 aliphatic rings. The number of hydrogen-bond acceptors (Lipinski definition) is 2. The smallest absolute Gasteiger partial charge is 0.268 e. The normalized spacial score (nSPS) is 15.6. The van der Waals surface area contributed by atoms with Crippen molar-refractivity contribution in [2.45, 2.75) is 52.5 Å². The molecule has 1 aromatic heterocycles. The van der Waals surface area contributed by atoms with E-state index in [9.17, 15) is 9.59 Å². The third-order valence-electron chi connectivity index (χ3n) is 5.09. The summed E-state index contributed by atoms with van der Waals surface area (Å²) in [6, 6.07) is 7.63. The second-order valence-electron chi connectivity index (χ2n) is 6.88. The largest absolute Gasteiger partial charge is 0.350 e. The van der Waals surface area contributed by atoms with Gasteiger partial charge in [-0.15, -0.1) is 0 Å². The highest BCUT2D eigenvalue weighted by molar-refractivity contribution is 5.96. The number of rotatable bonds is 4. The first kappa shape index (κ1) is 16.7. The Morgan fingerprint density at radius 3 is 2.67 bits per heavy atom. The van der Waals surface area contributed by atoms with Gasteiger partial charge in [0.1, 0.15) is 5.69 Å². The van der Waals surface area contributed by atoms with Gasteiger partial charge < -0.3 is 9.88 Å².